The Hall–Kier alpha value is -1.01. The Bertz CT molecular complexity index is 302. The van der Waals surface area contributed by atoms with Crippen molar-refractivity contribution in [2.24, 2.45) is 0 Å². The molecular formula is C11H23N5O. The van der Waals surface area contributed by atoms with E-state index in [2.05, 4.69) is 34.3 Å². The van der Waals surface area contributed by atoms with Crippen molar-refractivity contribution in [1.82, 2.24) is 25.1 Å². The van der Waals surface area contributed by atoms with Gasteiger partial charge in [-0.1, -0.05) is 20.3 Å². The quantitative estimate of drug-likeness (QED) is 0.688. The molecule has 0 saturated carbocycles. The summed E-state index contributed by atoms with van der Waals surface area (Å²) < 4.78 is 1.84. The van der Waals surface area contributed by atoms with Gasteiger partial charge in [0.1, 0.15) is 0 Å². The lowest BCUT2D eigenvalue weighted by atomic mass is 10.3. The third-order valence-electron chi connectivity index (χ3n) is 2.65. The molecule has 1 heterocycles. The smallest absolute Gasteiger partial charge is 0.165 e. The van der Waals surface area contributed by atoms with Crippen LogP contribution < -0.4 is 0 Å². The Morgan fingerprint density at radius 3 is 2.71 bits per heavy atom. The molecule has 0 fully saturated rings. The van der Waals surface area contributed by atoms with Crippen LogP contribution in [-0.2, 0) is 13.1 Å². The van der Waals surface area contributed by atoms with Gasteiger partial charge >= 0.3 is 0 Å². The van der Waals surface area contributed by atoms with E-state index in [4.69, 9.17) is 5.11 Å². The number of rotatable bonds is 9. The largest absolute Gasteiger partial charge is 0.395 e. The lowest BCUT2D eigenvalue weighted by Gasteiger charge is -2.20. The number of tetrazole rings is 1. The van der Waals surface area contributed by atoms with E-state index in [-0.39, 0.29) is 6.61 Å². The second-order valence-electron chi connectivity index (χ2n) is 4.17. The van der Waals surface area contributed by atoms with Crippen LogP contribution in [0.4, 0.5) is 0 Å². The van der Waals surface area contributed by atoms with Gasteiger partial charge in [-0.2, -0.15) is 0 Å². The number of hydrogen-bond donors (Lipinski definition) is 1. The summed E-state index contributed by atoms with van der Waals surface area (Å²) in [6.45, 7) is 7.68. The third kappa shape index (κ3) is 4.79. The fourth-order valence-electron chi connectivity index (χ4n) is 1.72. The van der Waals surface area contributed by atoms with Gasteiger partial charge in [-0.25, -0.2) is 4.68 Å². The fourth-order valence-corrected chi connectivity index (χ4v) is 1.72. The molecule has 0 aliphatic rings. The summed E-state index contributed by atoms with van der Waals surface area (Å²) in [5.41, 5.74) is 0. The molecule has 0 atom stereocenters. The van der Waals surface area contributed by atoms with Crippen molar-refractivity contribution in [3.05, 3.63) is 5.82 Å². The maximum Gasteiger partial charge on any atom is 0.165 e. The minimum Gasteiger partial charge on any atom is -0.395 e. The molecule has 0 aliphatic heterocycles. The first-order valence-corrected chi connectivity index (χ1v) is 6.40. The maximum absolute atomic E-state index is 9.04. The Morgan fingerprint density at radius 1 is 1.24 bits per heavy atom. The van der Waals surface area contributed by atoms with Crippen LogP contribution in [0.3, 0.4) is 0 Å². The van der Waals surface area contributed by atoms with Crippen LogP contribution in [0.5, 0.6) is 0 Å². The van der Waals surface area contributed by atoms with E-state index in [9.17, 15) is 0 Å². The summed E-state index contributed by atoms with van der Waals surface area (Å²) in [4.78, 5) is 2.20. The van der Waals surface area contributed by atoms with Crippen LogP contribution >= 0.6 is 0 Å². The average Bonchev–Trinajstić information content (AvgIpc) is 2.74. The second kappa shape index (κ2) is 8.14. The molecule has 0 saturated heterocycles. The van der Waals surface area contributed by atoms with Gasteiger partial charge in [-0.3, -0.25) is 4.90 Å². The molecule has 17 heavy (non-hydrogen) atoms. The molecule has 1 aromatic rings. The number of aromatic nitrogens is 4. The maximum atomic E-state index is 9.04. The summed E-state index contributed by atoms with van der Waals surface area (Å²) in [6, 6.07) is 0. The normalized spacial score (nSPS) is 11.3. The first kappa shape index (κ1) is 14.1. The highest BCUT2D eigenvalue weighted by molar-refractivity contribution is 4.81. The highest BCUT2D eigenvalue weighted by atomic mass is 16.3. The monoisotopic (exact) mass is 241 g/mol. The lowest BCUT2D eigenvalue weighted by Crippen LogP contribution is -2.29. The van der Waals surface area contributed by atoms with Gasteiger partial charge in [0.05, 0.1) is 13.2 Å². The van der Waals surface area contributed by atoms with Crippen LogP contribution in [-0.4, -0.2) is 49.9 Å². The van der Waals surface area contributed by atoms with E-state index in [1.807, 2.05) is 4.68 Å². The van der Waals surface area contributed by atoms with E-state index < -0.39 is 0 Å². The van der Waals surface area contributed by atoms with Gasteiger partial charge in [-0.05, 0) is 29.8 Å². The Kier molecular flexibility index (Phi) is 6.73. The van der Waals surface area contributed by atoms with Crippen molar-refractivity contribution < 1.29 is 5.11 Å². The minimum atomic E-state index is 0.180. The van der Waals surface area contributed by atoms with E-state index in [0.29, 0.717) is 13.1 Å². The highest BCUT2D eigenvalue weighted by Crippen LogP contribution is 2.03. The number of unbranched alkanes of at least 4 members (excludes halogenated alkanes) is 1. The number of aryl methyl sites for hydroxylation is 1. The zero-order valence-corrected chi connectivity index (χ0v) is 10.8. The van der Waals surface area contributed by atoms with E-state index in [1.54, 1.807) is 0 Å². The van der Waals surface area contributed by atoms with Crippen LogP contribution in [0.25, 0.3) is 0 Å². The topological polar surface area (TPSA) is 67.1 Å². The molecule has 1 aromatic heterocycles. The van der Waals surface area contributed by atoms with Gasteiger partial charge in [0, 0.05) is 13.1 Å². The number of nitrogens with zero attached hydrogens (tertiary/aromatic N) is 5. The zero-order chi connectivity index (χ0) is 12.5. The first-order chi connectivity index (χ1) is 8.31. The number of aliphatic hydroxyl groups is 1. The minimum absolute atomic E-state index is 0.180. The second-order valence-corrected chi connectivity index (χ2v) is 4.17. The molecule has 0 bridgehead atoms. The molecule has 0 spiro atoms. The van der Waals surface area contributed by atoms with E-state index in [1.165, 1.54) is 0 Å². The number of aliphatic hydroxyl groups excluding tert-OH is 1. The average molecular weight is 241 g/mol. The molecule has 0 amide bonds. The predicted octanol–water partition coefficient (Wildman–Crippen LogP) is 0.677. The van der Waals surface area contributed by atoms with E-state index >= 15 is 0 Å². The van der Waals surface area contributed by atoms with Crippen LogP contribution in [0.15, 0.2) is 0 Å². The Labute approximate surface area is 103 Å². The van der Waals surface area contributed by atoms with Crippen molar-refractivity contribution in [2.45, 2.75) is 46.2 Å². The standard InChI is InChI=1S/C11H23N5O/c1-3-5-7-15(8-9-17)10-11-12-13-14-16(11)6-4-2/h17H,3-10H2,1-2H3. The van der Waals surface area contributed by atoms with Crippen LogP contribution in [0.1, 0.15) is 38.9 Å². The molecule has 0 radical (unpaired) electrons. The van der Waals surface area contributed by atoms with E-state index in [0.717, 1.165) is 38.2 Å². The molecule has 1 N–H and O–H groups in total. The van der Waals surface area contributed by atoms with Gasteiger partial charge in [0.15, 0.2) is 5.82 Å². The van der Waals surface area contributed by atoms with Crippen molar-refractivity contribution in [3.8, 4) is 0 Å². The Morgan fingerprint density at radius 2 is 2.06 bits per heavy atom. The van der Waals surface area contributed by atoms with Crippen molar-refractivity contribution >= 4 is 0 Å². The summed E-state index contributed by atoms with van der Waals surface area (Å²) in [5, 5.41) is 20.8. The summed E-state index contributed by atoms with van der Waals surface area (Å²) in [5.74, 6) is 0.886. The van der Waals surface area contributed by atoms with Gasteiger partial charge in [-0.15, -0.1) is 5.10 Å². The summed E-state index contributed by atoms with van der Waals surface area (Å²) >= 11 is 0. The SMILES string of the molecule is CCCCN(CCO)Cc1nnnn1CCC. The molecule has 6 nitrogen and oxygen atoms in total. The molecule has 0 unspecified atom stereocenters. The van der Waals surface area contributed by atoms with Crippen molar-refractivity contribution in [1.29, 1.82) is 0 Å². The van der Waals surface area contributed by atoms with Crippen LogP contribution in [0, 0.1) is 0 Å². The fraction of sp³-hybridized carbons (Fsp3) is 0.909. The molecule has 0 aliphatic carbocycles. The summed E-state index contributed by atoms with van der Waals surface area (Å²) in [7, 11) is 0. The van der Waals surface area contributed by atoms with Gasteiger partial charge in [0.2, 0.25) is 0 Å². The highest BCUT2D eigenvalue weighted by Gasteiger charge is 2.10. The number of hydrogen-bond acceptors (Lipinski definition) is 5. The summed E-state index contributed by atoms with van der Waals surface area (Å²) in [6.07, 6.45) is 3.31. The molecule has 6 heteroatoms. The predicted molar refractivity (Wildman–Crippen MR) is 65.4 cm³/mol. The van der Waals surface area contributed by atoms with Crippen molar-refractivity contribution in [2.75, 3.05) is 19.7 Å². The van der Waals surface area contributed by atoms with Crippen LogP contribution in [0.2, 0.25) is 0 Å². The van der Waals surface area contributed by atoms with Crippen molar-refractivity contribution in [3.63, 3.8) is 0 Å². The first-order valence-electron chi connectivity index (χ1n) is 6.40. The molecular weight excluding hydrogens is 218 g/mol. The zero-order valence-electron chi connectivity index (χ0n) is 10.8. The van der Waals surface area contributed by atoms with Gasteiger partial charge < -0.3 is 5.11 Å². The van der Waals surface area contributed by atoms with Gasteiger partial charge in [0.25, 0.3) is 0 Å². The molecule has 98 valence electrons. The Balaban J connectivity index is 2.54. The molecule has 0 aromatic carbocycles. The molecule has 1 rings (SSSR count). The third-order valence-corrected chi connectivity index (χ3v) is 2.65. The lowest BCUT2D eigenvalue weighted by molar-refractivity contribution is 0.183.